The predicted molar refractivity (Wildman–Crippen MR) is 59.4 cm³/mol. The molecule has 84 valence electrons. The molecule has 5 nitrogen and oxygen atoms in total. The number of aromatic nitrogens is 3. The van der Waals surface area contributed by atoms with E-state index in [2.05, 4.69) is 9.97 Å². The Kier molecular flexibility index (Phi) is 1.77. The molecule has 0 saturated heterocycles. The highest BCUT2D eigenvalue weighted by molar-refractivity contribution is 5.45. The molecule has 5 heteroatoms. The number of nitrogens with zero attached hydrogens (tertiary/aromatic N) is 3. The zero-order valence-corrected chi connectivity index (χ0v) is 9.40. The van der Waals surface area contributed by atoms with Crippen LogP contribution in [0.15, 0.2) is 12.4 Å². The highest BCUT2D eigenvalue weighted by atomic mass is 16.5. The van der Waals surface area contributed by atoms with Gasteiger partial charge >= 0.3 is 0 Å². The van der Waals surface area contributed by atoms with Crippen molar-refractivity contribution in [3.05, 3.63) is 23.8 Å². The van der Waals surface area contributed by atoms with E-state index in [-0.39, 0.29) is 5.54 Å². The predicted octanol–water partition coefficient (Wildman–Crippen LogP) is 0.994. The molecule has 0 atom stereocenters. The van der Waals surface area contributed by atoms with Crippen molar-refractivity contribution in [2.24, 2.45) is 5.73 Å². The van der Waals surface area contributed by atoms with Gasteiger partial charge in [0.1, 0.15) is 0 Å². The highest BCUT2D eigenvalue weighted by Gasteiger charge is 2.44. The Bertz CT molecular complexity index is 556. The van der Waals surface area contributed by atoms with Crippen molar-refractivity contribution in [1.29, 1.82) is 0 Å². The lowest BCUT2D eigenvalue weighted by molar-refractivity contribution is 0.395. The summed E-state index contributed by atoms with van der Waals surface area (Å²) in [7, 11) is 1.60. The Balaban J connectivity index is 2.29. The molecule has 0 aromatic carbocycles. The summed E-state index contributed by atoms with van der Waals surface area (Å²) < 4.78 is 7.11. The van der Waals surface area contributed by atoms with E-state index in [9.17, 15) is 0 Å². The van der Waals surface area contributed by atoms with Gasteiger partial charge < -0.3 is 10.5 Å². The van der Waals surface area contributed by atoms with Crippen molar-refractivity contribution in [3.63, 3.8) is 0 Å². The number of nitrogens with two attached hydrogens (primary N) is 1. The number of aryl methyl sites for hydroxylation is 1. The molecule has 1 aliphatic rings. The van der Waals surface area contributed by atoms with Crippen LogP contribution in [0, 0.1) is 6.92 Å². The Morgan fingerprint density at radius 1 is 1.50 bits per heavy atom. The molecule has 0 radical (unpaired) electrons. The maximum atomic E-state index is 6.25. The van der Waals surface area contributed by atoms with E-state index >= 15 is 0 Å². The van der Waals surface area contributed by atoms with E-state index < -0.39 is 0 Å². The van der Waals surface area contributed by atoms with Gasteiger partial charge in [-0.1, -0.05) is 0 Å². The van der Waals surface area contributed by atoms with Crippen LogP contribution in [-0.4, -0.2) is 21.5 Å². The van der Waals surface area contributed by atoms with Crippen molar-refractivity contribution in [3.8, 4) is 5.88 Å². The first-order valence-electron chi connectivity index (χ1n) is 5.32. The zero-order valence-electron chi connectivity index (χ0n) is 9.40. The Morgan fingerprint density at radius 2 is 2.25 bits per heavy atom. The van der Waals surface area contributed by atoms with Gasteiger partial charge in [-0.3, -0.25) is 4.40 Å². The van der Waals surface area contributed by atoms with Crippen LogP contribution in [0.2, 0.25) is 0 Å². The van der Waals surface area contributed by atoms with Crippen molar-refractivity contribution in [2.75, 3.05) is 7.11 Å². The van der Waals surface area contributed by atoms with Crippen LogP contribution in [0.1, 0.15) is 24.2 Å². The lowest BCUT2D eigenvalue weighted by Crippen LogP contribution is -2.22. The number of methoxy groups -OCH3 is 1. The number of hydrogen-bond donors (Lipinski definition) is 1. The lowest BCUT2D eigenvalue weighted by atomic mass is 10.1. The van der Waals surface area contributed by atoms with Crippen LogP contribution in [0.5, 0.6) is 5.88 Å². The second-order valence-electron chi connectivity index (χ2n) is 4.36. The largest absolute Gasteiger partial charge is 0.480 e. The Morgan fingerprint density at radius 3 is 2.88 bits per heavy atom. The van der Waals surface area contributed by atoms with Gasteiger partial charge in [-0.05, 0) is 19.8 Å². The molecule has 2 heterocycles. The summed E-state index contributed by atoms with van der Waals surface area (Å²) in [6.45, 7) is 1.99. The highest BCUT2D eigenvalue weighted by Crippen LogP contribution is 2.44. The van der Waals surface area contributed by atoms with Crippen LogP contribution in [-0.2, 0) is 5.54 Å². The monoisotopic (exact) mass is 218 g/mol. The average Bonchev–Trinajstić information content (AvgIpc) is 2.90. The number of imidazole rings is 1. The summed E-state index contributed by atoms with van der Waals surface area (Å²) >= 11 is 0. The van der Waals surface area contributed by atoms with Gasteiger partial charge in [0.15, 0.2) is 5.65 Å². The van der Waals surface area contributed by atoms with Crippen LogP contribution in [0.4, 0.5) is 0 Å². The van der Waals surface area contributed by atoms with Crippen molar-refractivity contribution < 1.29 is 4.74 Å². The quantitative estimate of drug-likeness (QED) is 0.816. The molecule has 3 rings (SSSR count). The van der Waals surface area contributed by atoms with Gasteiger partial charge in [0.2, 0.25) is 5.88 Å². The summed E-state index contributed by atoms with van der Waals surface area (Å²) in [6, 6.07) is 0. The second-order valence-corrected chi connectivity index (χ2v) is 4.36. The normalized spacial score (nSPS) is 17.7. The van der Waals surface area contributed by atoms with E-state index in [1.54, 1.807) is 13.3 Å². The molecule has 2 aromatic rings. The first kappa shape index (κ1) is 9.59. The van der Waals surface area contributed by atoms with Crippen molar-refractivity contribution >= 4 is 5.65 Å². The molecule has 1 saturated carbocycles. The van der Waals surface area contributed by atoms with Crippen LogP contribution in [0.3, 0.4) is 0 Å². The lowest BCUT2D eigenvalue weighted by Gasteiger charge is -2.10. The number of rotatable bonds is 2. The fourth-order valence-electron chi connectivity index (χ4n) is 2.13. The SMILES string of the molecule is COc1cn2c(C3(N)CC3)c(C)nc2cn1. The van der Waals surface area contributed by atoms with Crippen LogP contribution in [0.25, 0.3) is 5.65 Å². The third kappa shape index (κ3) is 1.21. The standard InChI is InChI=1S/C11H14N4O/c1-7-10(11(12)3-4-11)15-6-9(16-2)13-5-8(15)14-7/h5-6H,3-4,12H2,1-2H3. The molecule has 0 aliphatic heterocycles. The molecule has 0 amide bonds. The number of ether oxygens (including phenoxy) is 1. The van der Waals surface area contributed by atoms with Gasteiger partial charge in [-0.15, -0.1) is 0 Å². The summed E-state index contributed by atoms with van der Waals surface area (Å²) in [4.78, 5) is 8.60. The maximum absolute atomic E-state index is 6.25. The van der Waals surface area contributed by atoms with Gasteiger partial charge in [0.25, 0.3) is 0 Å². The van der Waals surface area contributed by atoms with Gasteiger partial charge in [0.05, 0.1) is 36.4 Å². The molecule has 0 bridgehead atoms. The number of fused-ring (bicyclic) bond motifs is 1. The molecular formula is C11H14N4O. The fraction of sp³-hybridized carbons (Fsp3) is 0.455. The molecule has 1 aliphatic carbocycles. The molecular weight excluding hydrogens is 204 g/mol. The molecule has 1 fully saturated rings. The van der Waals surface area contributed by atoms with E-state index in [1.165, 1.54) is 0 Å². The maximum Gasteiger partial charge on any atom is 0.230 e. The third-order valence-electron chi connectivity index (χ3n) is 3.13. The van der Waals surface area contributed by atoms with E-state index in [1.807, 2.05) is 17.5 Å². The van der Waals surface area contributed by atoms with Gasteiger partial charge in [-0.25, -0.2) is 9.97 Å². The second kappa shape index (κ2) is 2.95. The smallest absolute Gasteiger partial charge is 0.230 e. The molecule has 0 spiro atoms. The third-order valence-corrected chi connectivity index (χ3v) is 3.13. The number of hydrogen-bond acceptors (Lipinski definition) is 4. The fourth-order valence-corrected chi connectivity index (χ4v) is 2.13. The van der Waals surface area contributed by atoms with Gasteiger partial charge in [0, 0.05) is 0 Å². The minimum Gasteiger partial charge on any atom is -0.480 e. The van der Waals surface area contributed by atoms with Crippen molar-refractivity contribution in [1.82, 2.24) is 14.4 Å². The first-order chi connectivity index (χ1) is 7.64. The van der Waals surface area contributed by atoms with E-state index in [0.29, 0.717) is 5.88 Å². The molecule has 2 aromatic heterocycles. The Hall–Kier alpha value is -1.62. The van der Waals surface area contributed by atoms with Crippen molar-refractivity contribution in [2.45, 2.75) is 25.3 Å². The average molecular weight is 218 g/mol. The summed E-state index contributed by atoms with van der Waals surface area (Å²) in [5, 5.41) is 0. The van der Waals surface area contributed by atoms with Crippen LogP contribution < -0.4 is 10.5 Å². The van der Waals surface area contributed by atoms with Crippen LogP contribution >= 0.6 is 0 Å². The first-order valence-corrected chi connectivity index (χ1v) is 5.32. The topological polar surface area (TPSA) is 65.4 Å². The summed E-state index contributed by atoms with van der Waals surface area (Å²) in [6.07, 6.45) is 5.59. The van der Waals surface area contributed by atoms with E-state index in [0.717, 1.165) is 29.9 Å². The van der Waals surface area contributed by atoms with E-state index in [4.69, 9.17) is 10.5 Å². The minimum atomic E-state index is -0.199. The summed E-state index contributed by atoms with van der Waals surface area (Å²) in [5.41, 5.74) is 8.94. The van der Waals surface area contributed by atoms with Gasteiger partial charge in [-0.2, -0.15) is 0 Å². The molecule has 2 N–H and O–H groups in total. The minimum absolute atomic E-state index is 0.199. The molecule has 16 heavy (non-hydrogen) atoms. The molecule has 0 unspecified atom stereocenters. The zero-order chi connectivity index (χ0) is 11.3. The summed E-state index contributed by atoms with van der Waals surface area (Å²) in [5.74, 6) is 0.579. The Labute approximate surface area is 93.3 Å².